The van der Waals surface area contributed by atoms with Crippen molar-refractivity contribution in [2.24, 2.45) is 0 Å². The predicted octanol–water partition coefficient (Wildman–Crippen LogP) is 3.37. The molecule has 1 atom stereocenters. The maximum atomic E-state index is 13.9. The van der Waals surface area contributed by atoms with Crippen LogP contribution in [0.15, 0.2) is 28.9 Å². The molecule has 0 saturated heterocycles. The average Bonchev–Trinajstić information content (AvgIpc) is 2.85. The van der Waals surface area contributed by atoms with Gasteiger partial charge in [-0.3, -0.25) is 9.59 Å². The monoisotopic (exact) mass is 337 g/mol. The first-order chi connectivity index (χ1) is 11.3. The molecule has 0 fully saturated rings. The molecule has 2 aromatic rings. The van der Waals surface area contributed by atoms with Gasteiger partial charge >= 0.3 is 5.97 Å². The van der Waals surface area contributed by atoms with Crippen LogP contribution in [0.4, 0.5) is 8.78 Å². The second-order valence-corrected chi connectivity index (χ2v) is 5.39. The predicted molar refractivity (Wildman–Crippen MR) is 81.6 cm³/mol. The normalized spacial score (nSPS) is 12.0. The second-order valence-electron chi connectivity index (χ2n) is 5.39. The van der Waals surface area contributed by atoms with E-state index in [0.717, 1.165) is 12.1 Å². The van der Waals surface area contributed by atoms with Crippen molar-refractivity contribution in [2.45, 2.75) is 32.7 Å². The Balaban J connectivity index is 2.27. The topological polar surface area (TPSA) is 79.5 Å². The first-order valence-electron chi connectivity index (χ1n) is 7.38. The van der Waals surface area contributed by atoms with Crippen LogP contribution in [-0.2, 0) is 11.2 Å². The fourth-order valence-corrected chi connectivity index (χ4v) is 2.48. The number of nitrogens with one attached hydrogen (secondary N) is 1. The zero-order chi connectivity index (χ0) is 17.9. The molecule has 24 heavy (non-hydrogen) atoms. The number of hydrogen-bond donors (Lipinski definition) is 2. The molecule has 5 nitrogen and oxygen atoms in total. The van der Waals surface area contributed by atoms with E-state index in [2.05, 4.69) is 5.32 Å². The van der Waals surface area contributed by atoms with Gasteiger partial charge in [-0.1, -0.05) is 13.0 Å². The third kappa shape index (κ3) is 3.79. The molecule has 0 aliphatic rings. The van der Waals surface area contributed by atoms with Crippen molar-refractivity contribution in [1.82, 2.24) is 5.32 Å². The molecule has 0 bridgehead atoms. The van der Waals surface area contributed by atoms with Gasteiger partial charge in [-0.05, 0) is 19.4 Å². The van der Waals surface area contributed by atoms with Crippen LogP contribution < -0.4 is 5.32 Å². The fraction of sp³-hybridized carbons (Fsp3) is 0.294. The van der Waals surface area contributed by atoms with Gasteiger partial charge in [0.25, 0.3) is 5.91 Å². The molecular weight excluding hydrogens is 320 g/mol. The number of rotatable bonds is 6. The largest absolute Gasteiger partial charge is 0.481 e. The number of halogens is 2. The quantitative estimate of drug-likeness (QED) is 0.847. The molecule has 0 radical (unpaired) electrons. The molecule has 7 heteroatoms. The Bertz CT molecular complexity index is 770. The molecule has 0 aliphatic heterocycles. The van der Waals surface area contributed by atoms with E-state index in [0.29, 0.717) is 12.0 Å². The molecule has 1 amide bonds. The molecule has 0 spiro atoms. The molecule has 1 aromatic carbocycles. The maximum Gasteiger partial charge on any atom is 0.311 e. The summed E-state index contributed by atoms with van der Waals surface area (Å²) in [6, 6.07) is 2.47. The minimum absolute atomic E-state index is 0.0342. The Morgan fingerprint density at radius 3 is 2.62 bits per heavy atom. The van der Waals surface area contributed by atoms with E-state index >= 15 is 0 Å². The first-order valence-corrected chi connectivity index (χ1v) is 7.38. The van der Waals surface area contributed by atoms with Crippen LogP contribution in [0.3, 0.4) is 0 Å². The molecule has 1 unspecified atom stereocenters. The molecule has 0 aliphatic carbocycles. The van der Waals surface area contributed by atoms with Crippen molar-refractivity contribution in [3.05, 3.63) is 58.5 Å². The van der Waals surface area contributed by atoms with Crippen molar-refractivity contribution in [3.8, 4) is 0 Å². The summed E-state index contributed by atoms with van der Waals surface area (Å²) < 4.78 is 32.1. The number of carbonyl (C=O) groups excluding carboxylic acids is 1. The van der Waals surface area contributed by atoms with Crippen molar-refractivity contribution >= 4 is 11.9 Å². The molecular formula is C17H17F2NO4. The number of amides is 1. The Morgan fingerprint density at radius 1 is 1.33 bits per heavy atom. The lowest BCUT2D eigenvalue weighted by Crippen LogP contribution is -2.30. The van der Waals surface area contributed by atoms with Gasteiger partial charge in [-0.25, -0.2) is 8.78 Å². The van der Waals surface area contributed by atoms with Crippen LogP contribution >= 0.6 is 0 Å². The Morgan fingerprint density at radius 2 is 2.04 bits per heavy atom. The van der Waals surface area contributed by atoms with Gasteiger partial charge in [-0.15, -0.1) is 0 Å². The summed E-state index contributed by atoms with van der Waals surface area (Å²) in [5.74, 6) is -3.11. The summed E-state index contributed by atoms with van der Waals surface area (Å²) in [5, 5.41) is 11.5. The average molecular weight is 337 g/mol. The standard InChI is InChI=1S/C17H17F2NO4/c1-3-13(11-5-4-10(18)6-12(11)19)20-17(23)16-9(2)8-24-14(16)7-15(21)22/h4-6,8,13H,3,7H2,1-2H3,(H,20,23)(H,21,22). The molecule has 2 N–H and O–H groups in total. The van der Waals surface area contributed by atoms with E-state index in [1.165, 1.54) is 12.3 Å². The van der Waals surface area contributed by atoms with E-state index in [1.54, 1.807) is 13.8 Å². The zero-order valence-corrected chi connectivity index (χ0v) is 13.2. The van der Waals surface area contributed by atoms with Gasteiger partial charge in [0.05, 0.1) is 17.9 Å². The number of hydrogen-bond acceptors (Lipinski definition) is 3. The molecule has 1 heterocycles. The van der Waals surface area contributed by atoms with Gasteiger partial charge in [0, 0.05) is 17.2 Å². The van der Waals surface area contributed by atoms with E-state index in [1.807, 2.05) is 0 Å². The van der Waals surface area contributed by atoms with Gasteiger partial charge in [0.2, 0.25) is 0 Å². The number of aryl methyl sites for hydroxylation is 1. The summed E-state index contributed by atoms with van der Waals surface area (Å²) in [4.78, 5) is 23.3. The number of aliphatic carboxylic acids is 1. The summed E-state index contributed by atoms with van der Waals surface area (Å²) >= 11 is 0. The van der Waals surface area contributed by atoms with Crippen LogP contribution in [0.1, 0.15) is 46.6 Å². The van der Waals surface area contributed by atoms with Gasteiger partial charge < -0.3 is 14.8 Å². The van der Waals surface area contributed by atoms with Gasteiger partial charge in [0.1, 0.15) is 23.8 Å². The van der Waals surface area contributed by atoms with Gasteiger partial charge in [-0.2, -0.15) is 0 Å². The van der Waals surface area contributed by atoms with Crippen LogP contribution in [0.5, 0.6) is 0 Å². The molecule has 0 saturated carbocycles. The highest BCUT2D eigenvalue weighted by molar-refractivity contribution is 5.97. The minimum atomic E-state index is -1.13. The lowest BCUT2D eigenvalue weighted by molar-refractivity contribution is -0.136. The van der Waals surface area contributed by atoms with Gasteiger partial charge in [0.15, 0.2) is 0 Å². The van der Waals surface area contributed by atoms with Crippen LogP contribution in [0.25, 0.3) is 0 Å². The fourth-order valence-electron chi connectivity index (χ4n) is 2.48. The second kappa shape index (κ2) is 7.25. The smallest absolute Gasteiger partial charge is 0.311 e. The molecule has 1 aromatic heterocycles. The van der Waals surface area contributed by atoms with E-state index < -0.39 is 36.0 Å². The van der Waals surface area contributed by atoms with Crippen molar-refractivity contribution in [1.29, 1.82) is 0 Å². The van der Waals surface area contributed by atoms with Crippen LogP contribution in [0, 0.1) is 18.6 Å². The summed E-state index contributed by atoms with van der Waals surface area (Å²) in [6.07, 6.45) is 1.24. The Labute approximate surface area is 137 Å². The van der Waals surface area contributed by atoms with E-state index in [-0.39, 0.29) is 16.9 Å². The summed E-state index contributed by atoms with van der Waals surface area (Å²) in [5.41, 5.74) is 0.768. The number of carboxylic acid groups (broad SMARTS) is 1. The third-order valence-corrected chi connectivity index (χ3v) is 3.64. The van der Waals surface area contributed by atoms with E-state index in [9.17, 15) is 18.4 Å². The van der Waals surface area contributed by atoms with Crippen LogP contribution in [-0.4, -0.2) is 17.0 Å². The highest BCUT2D eigenvalue weighted by atomic mass is 19.1. The Hall–Kier alpha value is -2.70. The van der Waals surface area contributed by atoms with E-state index in [4.69, 9.17) is 9.52 Å². The Kier molecular flexibility index (Phi) is 5.33. The first kappa shape index (κ1) is 17.7. The zero-order valence-electron chi connectivity index (χ0n) is 13.2. The number of furan rings is 1. The third-order valence-electron chi connectivity index (χ3n) is 3.64. The molecule has 128 valence electrons. The lowest BCUT2D eigenvalue weighted by Gasteiger charge is -2.18. The highest BCUT2D eigenvalue weighted by Crippen LogP contribution is 2.23. The number of benzene rings is 1. The SMILES string of the molecule is CCC(NC(=O)c1c(C)coc1CC(=O)O)c1ccc(F)cc1F. The maximum absolute atomic E-state index is 13.9. The van der Waals surface area contributed by atoms with Crippen molar-refractivity contribution < 1.29 is 27.9 Å². The van der Waals surface area contributed by atoms with Crippen LogP contribution in [0.2, 0.25) is 0 Å². The summed E-state index contributed by atoms with van der Waals surface area (Å²) in [7, 11) is 0. The number of carbonyl (C=O) groups is 2. The van der Waals surface area contributed by atoms with Crippen molar-refractivity contribution in [2.75, 3.05) is 0 Å². The summed E-state index contributed by atoms with van der Waals surface area (Å²) in [6.45, 7) is 3.36. The lowest BCUT2D eigenvalue weighted by atomic mass is 10.0. The van der Waals surface area contributed by atoms with Crippen molar-refractivity contribution in [3.63, 3.8) is 0 Å². The molecule has 2 rings (SSSR count). The highest BCUT2D eigenvalue weighted by Gasteiger charge is 2.24. The minimum Gasteiger partial charge on any atom is -0.481 e. The number of carboxylic acids is 1.